The Labute approximate surface area is 167 Å². The number of fused-ring (bicyclic) bond motifs is 1. The number of thioether (sulfide) groups is 1. The second kappa shape index (κ2) is 7.98. The van der Waals surface area contributed by atoms with Crippen LogP contribution in [0.1, 0.15) is 18.9 Å². The fourth-order valence-corrected chi connectivity index (χ4v) is 4.01. The first kappa shape index (κ1) is 18.4. The van der Waals surface area contributed by atoms with Crippen LogP contribution in [0.3, 0.4) is 0 Å². The van der Waals surface area contributed by atoms with Gasteiger partial charge < -0.3 is 14.2 Å². The second-order valence-corrected chi connectivity index (χ2v) is 7.25. The average Bonchev–Trinajstić information content (AvgIpc) is 3.28. The number of amidine groups is 1. The highest BCUT2D eigenvalue weighted by Crippen LogP contribution is 2.41. The van der Waals surface area contributed by atoms with E-state index in [-0.39, 0.29) is 12.7 Å². The number of carbonyl (C=O) groups excluding carboxylic acids is 1. The van der Waals surface area contributed by atoms with Crippen LogP contribution in [0.2, 0.25) is 0 Å². The van der Waals surface area contributed by atoms with Gasteiger partial charge in [-0.1, -0.05) is 25.1 Å². The van der Waals surface area contributed by atoms with Crippen molar-refractivity contribution >= 4 is 34.6 Å². The Morgan fingerprint density at radius 2 is 1.96 bits per heavy atom. The summed E-state index contributed by atoms with van der Waals surface area (Å²) in [6.07, 6.45) is 2.67. The summed E-state index contributed by atoms with van der Waals surface area (Å²) in [5.41, 5.74) is 1.58. The second-order valence-electron chi connectivity index (χ2n) is 6.24. The fourth-order valence-electron chi connectivity index (χ4n) is 2.99. The molecule has 0 radical (unpaired) electrons. The van der Waals surface area contributed by atoms with E-state index in [4.69, 9.17) is 14.2 Å². The number of para-hydroxylation sites is 1. The van der Waals surface area contributed by atoms with Gasteiger partial charge in [0.05, 0.1) is 17.7 Å². The number of ether oxygens (including phenoxy) is 3. The van der Waals surface area contributed by atoms with E-state index >= 15 is 0 Å². The molecule has 0 aliphatic carbocycles. The van der Waals surface area contributed by atoms with Gasteiger partial charge in [-0.2, -0.15) is 0 Å². The van der Waals surface area contributed by atoms with Crippen molar-refractivity contribution in [1.82, 2.24) is 4.90 Å². The van der Waals surface area contributed by atoms with Gasteiger partial charge in [0.25, 0.3) is 5.91 Å². The normalized spacial score (nSPS) is 18.4. The molecule has 0 bridgehead atoms. The van der Waals surface area contributed by atoms with Gasteiger partial charge in [-0.15, -0.1) is 0 Å². The molecule has 2 aliphatic rings. The van der Waals surface area contributed by atoms with Crippen LogP contribution in [0, 0.1) is 0 Å². The average molecular weight is 396 g/mol. The number of hydrogen-bond donors (Lipinski definition) is 0. The number of rotatable bonds is 5. The van der Waals surface area contributed by atoms with Crippen LogP contribution in [0.25, 0.3) is 6.08 Å². The highest BCUT2D eigenvalue weighted by atomic mass is 32.2. The van der Waals surface area contributed by atoms with Crippen molar-refractivity contribution in [2.75, 3.05) is 20.4 Å². The van der Waals surface area contributed by atoms with Crippen molar-refractivity contribution in [2.24, 2.45) is 4.99 Å². The van der Waals surface area contributed by atoms with Gasteiger partial charge in [-0.05, 0) is 42.5 Å². The Kier molecular flexibility index (Phi) is 5.25. The maximum atomic E-state index is 13.0. The Hall–Kier alpha value is -2.93. The Morgan fingerprint density at radius 1 is 1.21 bits per heavy atom. The summed E-state index contributed by atoms with van der Waals surface area (Å²) in [5, 5.41) is 0.684. The Balaban J connectivity index is 1.70. The van der Waals surface area contributed by atoms with E-state index in [2.05, 4.69) is 4.99 Å². The van der Waals surface area contributed by atoms with E-state index in [1.807, 2.05) is 49.4 Å². The SMILES string of the molecule is CCCN1C(=O)/C(=C/c2cc3c(cc2OC)OCO3)SC1=Nc1ccccc1. The molecule has 0 spiro atoms. The van der Waals surface area contributed by atoms with Crippen LogP contribution in [0.15, 0.2) is 52.4 Å². The van der Waals surface area contributed by atoms with E-state index in [9.17, 15) is 4.79 Å². The molecule has 144 valence electrons. The number of carbonyl (C=O) groups is 1. The predicted octanol–water partition coefficient (Wildman–Crippen LogP) is 4.44. The lowest BCUT2D eigenvalue weighted by molar-refractivity contribution is -0.122. The molecule has 0 N–H and O–H groups in total. The van der Waals surface area contributed by atoms with Crippen LogP contribution >= 0.6 is 11.8 Å². The first-order valence-electron chi connectivity index (χ1n) is 9.02. The molecular weight excluding hydrogens is 376 g/mol. The number of benzene rings is 2. The molecule has 0 aromatic heterocycles. The molecular formula is C21H20N2O4S. The summed E-state index contributed by atoms with van der Waals surface area (Å²) in [5.74, 6) is 1.86. The van der Waals surface area contributed by atoms with Gasteiger partial charge >= 0.3 is 0 Å². The number of aliphatic imine (C=N–C) groups is 1. The molecule has 0 unspecified atom stereocenters. The predicted molar refractivity (Wildman–Crippen MR) is 110 cm³/mol. The molecule has 2 aromatic rings. The van der Waals surface area contributed by atoms with E-state index in [1.165, 1.54) is 11.8 Å². The van der Waals surface area contributed by atoms with Gasteiger partial charge in [-0.25, -0.2) is 4.99 Å². The van der Waals surface area contributed by atoms with Crippen molar-refractivity contribution in [1.29, 1.82) is 0 Å². The van der Waals surface area contributed by atoms with Gasteiger partial charge in [0.15, 0.2) is 16.7 Å². The Bertz CT molecular complexity index is 956. The summed E-state index contributed by atoms with van der Waals surface area (Å²) in [6.45, 7) is 2.85. The maximum Gasteiger partial charge on any atom is 0.266 e. The smallest absolute Gasteiger partial charge is 0.266 e. The molecule has 2 heterocycles. The summed E-state index contributed by atoms with van der Waals surface area (Å²) in [6, 6.07) is 13.3. The standard InChI is InChI=1S/C21H20N2O4S/c1-3-9-23-20(24)19(28-21(23)22-15-7-5-4-6-8-15)11-14-10-17-18(27-13-26-17)12-16(14)25-2/h4-8,10-12H,3,9,13H2,1-2H3/b19-11-,22-21?. The van der Waals surface area contributed by atoms with Crippen LogP contribution in [-0.4, -0.2) is 36.4 Å². The number of hydrogen-bond acceptors (Lipinski definition) is 6. The number of amides is 1. The third-order valence-corrected chi connectivity index (χ3v) is 5.33. The van der Waals surface area contributed by atoms with Crippen molar-refractivity contribution in [3.8, 4) is 17.2 Å². The maximum absolute atomic E-state index is 13.0. The summed E-state index contributed by atoms with van der Waals surface area (Å²) in [7, 11) is 1.59. The quantitative estimate of drug-likeness (QED) is 0.700. The molecule has 2 aromatic carbocycles. The summed E-state index contributed by atoms with van der Waals surface area (Å²) >= 11 is 1.37. The minimum Gasteiger partial charge on any atom is -0.496 e. The molecule has 1 saturated heterocycles. The van der Waals surface area contributed by atoms with Crippen LogP contribution in [0.5, 0.6) is 17.2 Å². The van der Waals surface area contributed by atoms with Gasteiger partial charge in [0.2, 0.25) is 6.79 Å². The molecule has 2 aliphatic heterocycles. The molecule has 28 heavy (non-hydrogen) atoms. The van der Waals surface area contributed by atoms with Crippen LogP contribution < -0.4 is 14.2 Å². The van der Waals surface area contributed by atoms with Crippen molar-refractivity contribution < 1.29 is 19.0 Å². The summed E-state index contributed by atoms with van der Waals surface area (Å²) in [4.78, 5) is 20.0. The zero-order valence-corrected chi connectivity index (χ0v) is 16.5. The monoisotopic (exact) mass is 396 g/mol. The fraction of sp³-hybridized carbons (Fsp3) is 0.238. The van der Waals surface area contributed by atoms with Gasteiger partial charge in [0, 0.05) is 18.2 Å². The molecule has 4 rings (SSSR count). The lowest BCUT2D eigenvalue weighted by Crippen LogP contribution is -2.29. The van der Waals surface area contributed by atoms with E-state index in [0.717, 1.165) is 17.7 Å². The van der Waals surface area contributed by atoms with Crippen molar-refractivity contribution in [2.45, 2.75) is 13.3 Å². The van der Waals surface area contributed by atoms with E-state index < -0.39 is 0 Å². The Morgan fingerprint density at radius 3 is 2.68 bits per heavy atom. The highest BCUT2D eigenvalue weighted by Gasteiger charge is 2.33. The first-order valence-corrected chi connectivity index (χ1v) is 9.84. The molecule has 7 heteroatoms. The van der Waals surface area contributed by atoms with Gasteiger partial charge in [-0.3, -0.25) is 9.69 Å². The third-order valence-electron chi connectivity index (χ3n) is 4.33. The summed E-state index contributed by atoms with van der Waals surface area (Å²) < 4.78 is 16.3. The highest BCUT2D eigenvalue weighted by molar-refractivity contribution is 8.18. The molecule has 1 fully saturated rings. The lowest BCUT2D eigenvalue weighted by Gasteiger charge is -2.13. The number of nitrogens with zero attached hydrogens (tertiary/aromatic N) is 2. The number of methoxy groups -OCH3 is 1. The van der Waals surface area contributed by atoms with Crippen LogP contribution in [0.4, 0.5) is 5.69 Å². The zero-order chi connectivity index (χ0) is 19.5. The first-order chi connectivity index (χ1) is 13.7. The van der Waals surface area contributed by atoms with Crippen molar-refractivity contribution in [3.63, 3.8) is 0 Å². The molecule has 0 atom stereocenters. The topological polar surface area (TPSA) is 60.4 Å². The minimum atomic E-state index is -0.0544. The minimum absolute atomic E-state index is 0.0544. The third kappa shape index (κ3) is 3.57. The zero-order valence-electron chi connectivity index (χ0n) is 15.7. The molecule has 0 saturated carbocycles. The molecule has 6 nitrogen and oxygen atoms in total. The van der Waals surface area contributed by atoms with Gasteiger partial charge in [0.1, 0.15) is 5.75 Å². The van der Waals surface area contributed by atoms with E-state index in [0.29, 0.717) is 33.9 Å². The van der Waals surface area contributed by atoms with E-state index in [1.54, 1.807) is 18.1 Å². The largest absolute Gasteiger partial charge is 0.496 e. The lowest BCUT2D eigenvalue weighted by atomic mass is 10.1. The molecule has 1 amide bonds. The van der Waals surface area contributed by atoms with Crippen molar-refractivity contribution in [3.05, 3.63) is 52.9 Å². The van der Waals surface area contributed by atoms with Crippen LogP contribution in [-0.2, 0) is 4.79 Å².